The molecule has 2 heterocycles. The van der Waals surface area contributed by atoms with Crippen LogP contribution in [-0.2, 0) is 7.05 Å². The minimum Gasteiger partial charge on any atom is -0.454 e. The number of halogens is 2. The van der Waals surface area contributed by atoms with Crippen molar-refractivity contribution in [3.05, 3.63) is 100 Å². The molecule has 10 heteroatoms. The highest BCUT2D eigenvalue weighted by Gasteiger charge is 2.24. The molecule has 33 heavy (non-hydrogen) atoms. The van der Waals surface area contributed by atoms with Crippen molar-refractivity contribution < 1.29 is 23.0 Å². The molecule has 0 bridgehead atoms. The maximum Gasteiger partial charge on any atom is 0.284 e. The van der Waals surface area contributed by atoms with Gasteiger partial charge in [0.05, 0.1) is 17.1 Å². The first-order valence-corrected chi connectivity index (χ1v) is 9.85. The molecule has 168 valence electrons. The van der Waals surface area contributed by atoms with Crippen LogP contribution in [0.2, 0.25) is 0 Å². The van der Waals surface area contributed by atoms with Crippen molar-refractivity contribution in [1.29, 1.82) is 0 Å². The SMILES string of the molecule is Cc1c(C(=O)Nc2ccc(Oc3cc[n+](N)cc3)c(F)c2F)c(=O)n(-c2ccccc2)n1C. The quantitative estimate of drug-likeness (QED) is 0.360. The van der Waals surface area contributed by atoms with E-state index in [4.69, 9.17) is 10.6 Å². The second kappa shape index (κ2) is 8.58. The lowest BCUT2D eigenvalue weighted by molar-refractivity contribution is -0.638. The van der Waals surface area contributed by atoms with E-state index >= 15 is 0 Å². The zero-order chi connectivity index (χ0) is 23.7. The summed E-state index contributed by atoms with van der Waals surface area (Å²) in [7, 11) is 1.63. The van der Waals surface area contributed by atoms with Gasteiger partial charge in [-0.3, -0.25) is 14.3 Å². The predicted octanol–water partition coefficient (Wildman–Crippen LogP) is 2.81. The Morgan fingerprint density at radius 3 is 2.36 bits per heavy atom. The summed E-state index contributed by atoms with van der Waals surface area (Å²) in [6.07, 6.45) is 2.95. The molecule has 0 fully saturated rings. The number of pyridine rings is 1. The summed E-state index contributed by atoms with van der Waals surface area (Å²) in [4.78, 5) is 25.8. The molecule has 0 spiro atoms. The molecule has 0 radical (unpaired) electrons. The molecule has 0 unspecified atom stereocenters. The first-order valence-electron chi connectivity index (χ1n) is 9.85. The fourth-order valence-corrected chi connectivity index (χ4v) is 3.34. The Kier molecular flexibility index (Phi) is 5.65. The summed E-state index contributed by atoms with van der Waals surface area (Å²) < 4.78 is 38.7. The van der Waals surface area contributed by atoms with Crippen LogP contribution < -0.4 is 26.1 Å². The van der Waals surface area contributed by atoms with E-state index in [1.807, 2.05) is 0 Å². The molecule has 0 aliphatic heterocycles. The maximum atomic E-state index is 14.7. The highest BCUT2D eigenvalue weighted by molar-refractivity contribution is 6.05. The van der Waals surface area contributed by atoms with Crippen LogP contribution in [0.5, 0.6) is 11.5 Å². The molecule has 1 amide bonds. The third-order valence-corrected chi connectivity index (χ3v) is 5.13. The molecule has 0 aliphatic rings. The topological polar surface area (TPSA) is 95.2 Å². The average molecular weight is 452 g/mol. The zero-order valence-corrected chi connectivity index (χ0v) is 17.8. The molecule has 3 N–H and O–H groups in total. The zero-order valence-electron chi connectivity index (χ0n) is 17.8. The van der Waals surface area contributed by atoms with Gasteiger partial charge in [0.2, 0.25) is 18.2 Å². The molecule has 4 rings (SSSR count). The van der Waals surface area contributed by atoms with Gasteiger partial charge >= 0.3 is 0 Å². The molecule has 8 nitrogen and oxygen atoms in total. The van der Waals surface area contributed by atoms with Crippen LogP contribution in [0, 0.1) is 18.6 Å². The number of benzene rings is 2. The van der Waals surface area contributed by atoms with Crippen LogP contribution in [-0.4, -0.2) is 15.3 Å². The lowest BCUT2D eigenvalue weighted by Crippen LogP contribution is -2.43. The monoisotopic (exact) mass is 452 g/mol. The number of carbonyl (C=O) groups excluding carboxylic acids is 1. The number of nitrogens with two attached hydrogens (primary N) is 1. The van der Waals surface area contributed by atoms with Gasteiger partial charge < -0.3 is 10.1 Å². The van der Waals surface area contributed by atoms with E-state index in [9.17, 15) is 18.4 Å². The number of ether oxygens (including phenoxy) is 1. The van der Waals surface area contributed by atoms with Crippen molar-refractivity contribution in [2.75, 3.05) is 11.2 Å². The number of nitrogens with one attached hydrogen (secondary N) is 1. The Hall–Kier alpha value is -4.47. The van der Waals surface area contributed by atoms with Gasteiger partial charge in [0.1, 0.15) is 11.3 Å². The van der Waals surface area contributed by atoms with Crippen molar-refractivity contribution >= 4 is 11.6 Å². The predicted molar refractivity (Wildman–Crippen MR) is 117 cm³/mol. The number of hydrogen-bond acceptors (Lipinski definition) is 4. The van der Waals surface area contributed by atoms with Crippen molar-refractivity contribution in [3.8, 4) is 17.2 Å². The van der Waals surface area contributed by atoms with Crippen LogP contribution in [0.4, 0.5) is 14.5 Å². The smallest absolute Gasteiger partial charge is 0.284 e. The number of amides is 1. The van der Waals surface area contributed by atoms with Gasteiger partial charge in [0, 0.05) is 19.2 Å². The lowest BCUT2D eigenvalue weighted by atomic mass is 10.2. The van der Waals surface area contributed by atoms with E-state index in [1.165, 1.54) is 44.6 Å². The highest BCUT2D eigenvalue weighted by Crippen LogP contribution is 2.29. The van der Waals surface area contributed by atoms with E-state index in [-0.39, 0.29) is 17.1 Å². The largest absolute Gasteiger partial charge is 0.454 e. The molecule has 4 aromatic rings. The lowest BCUT2D eigenvalue weighted by Gasteiger charge is -2.10. The van der Waals surface area contributed by atoms with Crippen LogP contribution in [0.1, 0.15) is 16.1 Å². The van der Waals surface area contributed by atoms with E-state index < -0.39 is 28.8 Å². The van der Waals surface area contributed by atoms with E-state index in [1.54, 1.807) is 44.3 Å². The van der Waals surface area contributed by atoms with E-state index in [0.717, 1.165) is 6.07 Å². The molecular weight excluding hydrogens is 432 g/mol. The summed E-state index contributed by atoms with van der Waals surface area (Å²) in [5, 5.41) is 2.28. The van der Waals surface area contributed by atoms with Crippen LogP contribution in [0.3, 0.4) is 0 Å². The minimum atomic E-state index is -1.32. The minimum absolute atomic E-state index is 0.180. The Morgan fingerprint density at radius 1 is 1.03 bits per heavy atom. The van der Waals surface area contributed by atoms with E-state index in [2.05, 4.69) is 5.32 Å². The Bertz CT molecular complexity index is 1400. The number of anilines is 1. The van der Waals surface area contributed by atoms with Gasteiger partial charge in [-0.15, -0.1) is 0 Å². The van der Waals surface area contributed by atoms with Crippen molar-refractivity contribution in [3.63, 3.8) is 0 Å². The van der Waals surface area contributed by atoms with Gasteiger partial charge in [-0.05, 0) is 31.2 Å². The molecule has 0 saturated carbocycles. The molecular formula is C23H20F2N5O3+. The standard InChI is InChI=1S/C23H19F2N5O3/c1-14-19(23(32)30(28(14)2)15-6-4-3-5-7-15)22(31)27-17-8-9-18(21(25)20(17)24)33-16-10-12-29(26)13-11-16/h3-13H,26H2,1-2H3/p+1. The molecule has 2 aromatic carbocycles. The van der Waals surface area contributed by atoms with Crippen LogP contribution in [0.25, 0.3) is 5.69 Å². The first-order chi connectivity index (χ1) is 15.8. The first kappa shape index (κ1) is 21.8. The molecule has 0 atom stereocenters. The maximum absolute atomic E-state index is 14.7. The fraction of sp³-hybridized carbons (Fsp3) is 0.0870. The Morgan fingerprint density at radius 2 is 1.70 bits per heavy atom. The number of rotatable bonds is 5. The number of para-hydroxylation sites is 1. The van der Waals surface area contributed by atoms with Gasteiger partial charge in [-0.25, -0.2) is 14.9 Å². The second-order valence-electron chi connectivity index (χ2n) is 7.21. The number of nitrogens with zero attached hydrogens (tertiary/aromatic N) is 3. The second-order valence-corrected chi connectivity index (χ2v) is 7.21. The fourth-order valence-electron chi connectivity index (χ4n) is 3.34. The Labute approximate surface area is 187 Å². The van der Waals surface area contributed by atoms with Crippen LogP contribution >= 0.6 is 0 Å². The van der Waals surface area contributed by atoms with Gasteiger partial charge in [-0.1, -0.05) is 22.9 Å². The Balaban J connectivity index is 1.62. The van der Waals surface area contributed by atoms with Crippen molar-refractivity contribution in [2.45, 2.75) is 6.92 Å². The summed E-state index contributed by atoms with van der Waals surface area (Å²) in [5.74, 6) is 1.92. The van der Waals surface area contributed by atoms with Crippen LogP contribution in [0.15, 0.2) is 71.8 Å². The van der Waals surface area contributed by atoms with Gasteiger partial charge in [-0.2, -0.15) is 4.39 Å². The third kappa shape index (κ3) is 4.05. The van der Waals surface area contributed by atoms with E-state index in [0.29, 0.717) is 11.4 Å². The molecule has 0 saturated heterocycles. The normalized spacial score (nSPS) is 10.8. The van der Waals surface area contributed by atoms with Crippen molar-refractivity contribution in [2.24, 2.45) is 7.05 Å². The average Bonchev–Trinajstić information content (AvgIpc) is 3.03. The number of hydrogen-bond donors (Lipinski definition) is 2. The number of nitrogen functional groups attached to an aromatic ring is 1. The molecule has 0 aliphatic carbocycles. The van der Waals surface area contributed by atoms with Crippen molar-refractivity contribution in [1.82, 2.24) is 9.36 Å². The number of carbonyl (C=O) groups is 1. The van der Waals surface area contributed by atoms with Gasteiger partial charge in [0.15, 0.2) is 11.6 Å². The third-order valence-electron chi connectivity index (χ3n) is 5.13. The summed E-state index contributed by atoms with van der Waals surface area (Å²) in [6.45, 7) is 1.59. The highest BCUT2D eigenvalue weighted by atomic mass is 19.2. The summed E-state index contributed by atoms with van der Waals surface area (Å²) in [6, 6.07) is 14.0. The van der Waals surface area contributed by atoms with Gasteiger partial charge in [0.25, 0.3) is 11.5 Å². The summed E-state index contributed by atoms with van der Waals surface area (Å²) >= 11 is 0. The summed E-state index contributed by atoms with van der Waals surface area (Å²) in [5.41, 5.74) is -0.261. The number of aromatic nitrogens is 3. The molecule has 2 aromatic heterocycles.